The first-order valence-electron chi connectivity index (χ1n) is 8.60. The second-order valence-corrected chi connectivity index (χ2v) is 6.54. The van der Waals surface area contributed by atoms with Crippen LogP contribution >= 0.6 is 0 Å². The SMILES string of the molecule is Cc1ccc2[nH]c(-c3ccc(-c4ccccc4)cc3)c(CC(=O)O)c2c1. The molecule has 0 saturated carbocycles. The van der Waals surface area contributed by atoms with Crippen molar-refractivity contribution in [2.75, 3.05) is 0 Å². The summed E-state index contributed by atoms with van der Waals surface area (Å²) in [4.78, 5) is 14.8. The van der Waals surface area contributed by atoms with E-state index in [0.29, 0.717) is 0 Å². The van der Waals surface area contributed by atoms with E-state index in [2.05, 4.69) is 29.2 Å². The van der Waals surface area contributed by atoms with Crippen molar-refractivity contribution >= 4 is 16.9 Å². The summed E-state index contributed by atoms with van der Waals surface area (Å²) in [5.74, 6) is -0.824. The number of aliphatic carboxylic acids is 1. The van der Waals surface area contributed by atoms with E-state index in [9.17, 15) is 9.90 Å². The van der Waals surface area contributed by atoms with E-state index in [1.807, 2.05) is 55.5 Å². The molecule has 3 heteroatoms. The van der Waals surface area contributed by atoms with Crippen LogP contribution in [0.3, 0.4) is 0 Å². The molecule has 26 heavy (non-hydrogen) atoms. The minimum atomic E-state index is -0.824. The van der Waals surface area contributed by atoms with Crippen LogP contribution in [0.4, 0.5) is 0 Å². The first-order valence-corrected chi connectivity index (χ1v) is 8.60. The first-order chi connectivity index (χ1) is 12.6. The van der Waals surface area contributed by atoms with E-state index in [1.54, 1.807) is 0 Å². The van der Waals surface area contributed by atoms with Gasteiger partial charge < -0.3 is 10.1 Å². The quantitative estimate of drug-likeness (QED) is 0.519. The number of carboxylic acids is 1. The maximum absolute atomic E-state index is 11.4. The van der Waals surface area contributed by atoms with Gasteiger partial charge in [-0.1, -0.05) is 66.2 Å². The predicted molar refractivity (Wildman–Crippen MR) is 105 cm³/mol. The zero-order valence-electron chi connectivity index (χ0n) is 14.5. The van der Waals surface area contributed by atoms with Gasteiger partial charge in [-0.3, -0.25) is 4.79 Å². The Balaban J connectivity index is 1.82. The second-order valence-electron chi connectivity index (χ2n) is 6.54. The maximum Gasteiger partial charge on any atom is 0.307 e. The average Bonchev–Trinajstić information content (AvgIpc) is 3.00. The molecule has 0 amide bonds. The molecule has 1 heterocycles. The van der Waals surface area contributed by atoms with Crippen LogP contribution in [0, 0.1) is 6.92 Å². The number of carboxylic acid groups (broad SMARTS) is 1. The largest absolute Gasteiger partial charge is 0.481 e. The van der Waals surface area contributed by atoms with E-state index >= 15 is 0 Å². The molecule has 0 aliphatic heterocycles. The Hall–Kier alpha value is -3.33. The van der Waals surface area contributed by atoms with Crippen LogP contribution in [0.2, 0.25) is 0 Å². The van der Waals surface area contributed by atoms with Gasteiger partial charge in [0.05, 0.1) is 12.1 Å². The summed E-state index contributed by atoms with van der Waals surface area (Å²) in [6.45, 7) is 2.02. The lowest BCUT2D eigenvalue weighted by Crippen LogP contribution is -2.01. The molecule has 3 nitrogen and oxygen atoms in total. The highest BCUT2D eigenvalue weighted by molar-refractivity contribution is 5.94. The van der Waals surface area contributed by atoms with Crippen LogP contribution in [0.5, 0.6) is 0 Å². The topological polar surface area (TPSA) is 53.1 Å². The van der Waals surface area contributed by atoms with Crippen molar-refractivity contribution in [3.05, 3.63) is 83.9 Å². The molecular weight excluding hydrogens is 322 g/mol. The van der Waals surface area contributed by atoms with Gasteiger partial charge in [0.25, 0.3) is 0 Å². The number of aromatic nitrogens is 1. The monoisotopic (exact) mass is 341 g/mol. The number of benzene rings is 3. The van der Waals surface area contributed by atoms with Crippen molar-refractivity contribution in [3.8, 4) is 22.4 Å². The highest BCUT2D eigenvalue weighted by atomic mass is 16.4. The standard InChI is InChI=1S/C23H19NO2/c1-15-7-12-21-19(13-15)20(14-22(25)26)23(24-21)18-10-8-17(9-11-18)16-5-3-2-4-6-16/h2-13,24H,14H2,1H3,(H,25,26). The van der Waals surface area contributed by atoms with Crippen molar-refractivity contribution in [2.24, 2.45) is 0 Å². The van der Waals surface area contributed by atoms with Gasteiger partial charge in [-0.05, 0) is 41.3 Å². The molecule has 1 aromatic heterocycles. The molecule has 4 rings (SSSR count). The summed E-state index contributed by atoms with van der Waals surface area (Å²) in [5, 5.41) is 10.3. The van der Waals surface area contributed by atoms with Gasteiger partial charge in [-0.25, -0.2) is 0 Å². The Bertz CT molecular complexity index is 1080. The normalized spacial score (nSPS) is 11.0. The van der Waals surface area contributed by atoms with Gasteiger partial charge in [-0.15, -0.1) is 0 Å². The van der Waals surface area contributed by atoms with Crippen LogP contribution < -0.4 is 0 Å². The van der Waals surface area contributed by atoms with Crippen molar-refractivity contribution in [1.82, 2.24) is 4.98 Å². The Morgan fingerprint density at radius 3 is 2.23 bits per heavy atom. The summed E-state index contributed by atoms with van der Waals surface area (Å²) in [6.07, 6.45) is -0.000770. The summed E-state index contributed by atoms with van der Waals surface area (Å²) >= 11 is 0. The molecule has 0 fully saturated rings. The van der Waals surface area contributed by atoms with Crippen molar-refractivity contribution in [2.45, 2.75) is 13.3 Å². The maximum atomic E-state index is 11.4. The van der Waals surface area contributed by atoms with Crippen LogP contribution in [-0.4, -0.2) is 16.1 Å². The number of carbonyl (C=O) groups is 1. The van der Waals surface area contributed by atoms with Gasteiger partial charge in [0.15, 0.2) is 0 Å². The fraction of sp³-hybridized carbons (Fsp3) is 0.0870. The van der Waals surface area contributed by atoms with Gasteiger partial charge >= 0.3 is 5.97 Å². The lowest BCUT2D eigenvalue weighted by molar-refractivity contribution is -0.136. The molecule has 128 valence electrons. The fourth-order valence-corrected chi connectivity index (χ4v) is 3.40. The number of aryl methyl sites for hydroxylation is 1. The molecule has 4 aromatic rings. The number of nitrogens with one attached hydrogen (secondary N) is 1. The van der Waals surface area contributed by atoms with Crippen molar-refractivity contribution in [1.29, 1.82) is 0 Å². The Morgan fingerprint density at radius 1 is 0.885 bits per heavy atom. The third-order valence-corrected chi connectivity index (χ3v) is 4.67. The molecule has 0 atom stereocenters. The lowest BCUT2D eigenvalue weighted by Gasteiger charge is -2.06. The van der Waals surface area contributed by atoms with Crippen LogP contribution in [0.15, 0.2) is 72.8 Å². The number of H-pyrrole nitrogens is 1. The van der Waals surface area contributed by atoms with Gasteiger partial charge in [-0.2, -0.15) is 0 Å². The summed E-state index contributed by atoms with van der Waals surface area (Å²) in [5.41, 5.74) is 7.10. The molecule has 0 spiro atoms. The highest BCUT2D eigenvalue weighted by Crippen LogP contribution is 2.32. The number of fused-ring (bicyclic) bond motifs is 1. The van der Waals surface area contributed by atoms with Crippen LogP contribution in [0.25, 0.3) is 33.3 Å². The molecule has 0 aliphatic carbocycles. The molecule has 3 aromatic carbocycles. The van der Waals surface area contributed by atoms with E-state index in [-0.39, 0.29) is 6.42 Å². The molecular formula is C23H19NO2. The van der Waals surface area contributed by atoms with Crippen LogP contribution in [0.1, 0.15) is 11.1 Å². The van der Waals surface area contributed by atoms with Gasteiger partial charge in [0.1, 0.15) is 0 Å². The van der Waals surface area contributed by atoms with Crippen molar-refractivity contribution < 1.29 is 9.90 Å². The second kappa shape index (κ2) is 6.52. The van der Waals surface area contributed by atoms with Crippen molar-refractivity contribution in [3.63, 3.8) is 0 Å². The molecule has 2 N–H and O–H groups in total. The summed E-state index contributed by atoms with van der Waals surface area (Å²) in [6, 6.07) is 24.5. The smallest absolute Gasteiger partial charge is 0.307 e. The lowest BCUT2D eigenvalue weighted by atomic mass is 9.99. The van der Waals surface area contributed by atoms with E-state index < -0.39 is 5.97 Å². The highest BCUT2D eigenvalue weighted by Gasteiger charge is 2.16. The minimum Gasteiger partial charge on any atom is -0.481 e. The van der Waals surface area contributed by atoms with Gasteiger partial charge in [0.2, 0.25) is 0 Å². The molecule has 0 unspecified atom stereocenters. The number of aromatic amines is 1. The third-order valence-electron chi connectivity index (χ3n) is 4.67. The Morgan fingerprint density at radius 2 is 1.54 bits per heavy atom. The number of hydrogen-bond acceptors (Lipinski definition) is 1. The van der Waals surface area contributed by atoms with Gasteiger partial charge in [0, 0.05) is 10.9 Å². The van der Waals surface area contributed by atoms with E-state index in [0.717, 1.165) is 44.4 Å². The Kier molecular flexibility index (Phi) is 4.05. The number of rotatable bonds is 4. The molecule has 0 saturated heterocycles. The summed E-state index contributed by atoms with van der Waals surface area (Å²) in [7, 11) is 0. The first kappa shape index (κ1) is 16.2. The van der Waals surface area contributed by atoms with Crippen LogP contribution in [-0.2, 0) is 11.2 Å². The number of hydrogen-bond donors (Lipinski definition) is 2. The Labute approximate surface area is 151 Å². The van der Waals surface area contributed by atoms with E-state index in [4.69, 9.17) is 0 Å². The zero-order chi connectivity index (χ0) is 18.1. The molecule has 0 radical (unpaired) electrons. The van der Waals surface area contributed by atoms with E-state index in [1.165, 1.54) is 0 Å². The minimum absolute atomic E-state index is 0.000770. The molecule has 0 bridgehead atoms. The zero-order valence-corrected chi connectivity index (χ0v) is 14.5. The summed E-state index contributed by atoms with van der Waals surface area (Å²) < 4.78 is 0. The third kappa shape index (κ3) is 3.00. The predicted octanol–water partition coefficient (Wildman–Crippen LogP) is 5.44. The average molecular weight is 341 g/mol. The fourth-order valence-electron chi connectivity index (χ4n) is 3.40. The molecule has 0 aliphatic rings.